The van der Waals surface area contributed by atoms with Crippen molar-refractivity contribution in [3.8, 4) is 0 Å². The number of rotatable bonds is 4. The van der Waals surface area contributed by atoms with Crippen LogP contribution >= 0.6 is 0 Å². The van der Waals surface area contributed by atoms with Gasteiger partial charge in [-0.1, -0.05) is 11.6 Å². The van der Waals surface area contributed by atoms with Crippen molar-refractivity contribution < 1.29 is 0 Å². The predicted octanol–water partition coefficient (Wildman–Crippen LogP) is 4.04. The number of hydrogen-bond donors (Lipinski definition) is 0. The average molecular weight is 403 g/mol. The second-order valence-corrected chi connectivity index (χ2v) is 8.63. The van der Waals surface area contributed by atoms with Gasteiger partial charge in [0.2, 0.25) is 0 Å². The monoisotopic (exact) mass is 402 g/mol. The van der Waals surface area contributed by atoms with Crippen molar-refractivity contribution in [1.82, 2.24) is 24.3 Å². The summed E-state index contributed by atoms with van der Waals surface area (Å²) >= 11 is 0. The molecule has 0 amide bonds. The minimum absolute atomic E-state index is 0.819. The lowest BCUT2D eigenvalue weighted by Crippen LogP contribution is -2.21. The molecule has 0 saturated carbocycles. The molecule has 1 aliphatic carbocycles. The van der Waals surface area contributed by atoms with Crippen molar-refractivity contribution in [2.24, 2.45) is 0 Å². The molecule has 5 rings (SSSR count). The Morgan fingerprint density at radius 2 is 1.83 bits per heavy atom. The van der Waals surface area contributed by atoms with Gasteiger partial charge < -0.3 is 4.90 Å². The largest absolute Gasteiger partial charge is 0.356 e. The number of aryl methyl sites for hydroxylation is 5. The maximum Gasteiger partial charge on any atom is 0.160 e. The quantitative estimate of drug-likeness (QED) is 0.617. The number of aromatic nitrogens is 5. The summed E-state index contributed by atoms with van der Waals surface area (Å²) in [5.41, 5.74) is 7.12. The highest BCUT2D eigenvalue weighted by atomic mass is 15.3. The van der Waals surface area contributed by atoms with Gasteiger partial charge in [0.15, 0.2) is 5.65 Å². The normalized spacial score (nSPS) is 17.0. The molecule has 3 aromatic heterocycles. The van der Waals surface area contributed by atoms with Crippen LogP contribution < -0.4 is 4.90 Å². The Hall–Kier alpha value is -2.76. The van der Waals surface area contributed by atoms with Crippen LogP contribution in [0.4, 0.5) is 5.82 Å². The SMILES string of the molecule is CC1=CCCc2cnc(CCc3nc4c(C)nccn4c3N3CCCC3)nc2CC1. The molecular formula is C24H30N6. The summed E-state index contributed by atoms with van der Waals surface area (Å²) in [4.78, 5) is 21.6. The Balaban J connectivity index is 1.42. The number of nitrogens with zero attached hydrogens (tertiary/aromatic N) is 6. The molecule has 156 valence electrons. The second-order valence-electron chi connectivity index (χ2n) is 8.63. The van der Waals surface area contributed by atoms with E-state index in [0.29, 0.717) is 0 Å². The van der Waals surface area contributed by atoms with Gasteiger partial charge in [-0.3, -0.25) is 9.38 Å². The van der Waals surface area contributed by atoms with E-state index in [-0.39, 0.29) is 0 Å². The molecule has 3 aromatic rings. The summed E-state index contributed by atoms with van der Waals surface area (Å²) in [5, 5.41) is 0. The number of allylic oxidation sites excluding steroid dienone is 2. The maximum atomic E-state index is 4.99. The molecule has 6 heteroatoms. The van der Waals surface area contributed by atoms with Crippen LogP contribution in [0, 0.1) is 6.92 Å². The summed E-state index contributed by atoms with van der Waals surface area (Å²) in [5.74, 6) is 2.18. The molecule has 0 unspecified atom stereocenters. The van der Waals surface area contributed by atoms with E-state index in [1.807, 2.05) is 19.3 Å². The zero-order valence-electron chi connectivity index (χ0n) is 18.1. The molecule has 0 N–H and O–H groups in total. The predicted molar refractivity (Wildman–Crippen MR) is 119 cm³/mol. The Morgan fingerprint density at radius 1 is 0.967 bits per heavy atom. The van der Waals surface area contributed by atoms with Gasteiger partial charge in [-0.25, -0.2) is 15.0 Å². The van der Waals surface area contributed by atoms with Crippen molar-refractivity contribution in [3.05, 3.63) is 58.7 Å². The van der Waals surface area contributed by atoms with Crippen molar-refractivity contribution >= 4 is 11.5 Å². The van der Waals surface area contributed by atoms with Crippen LogP contribution in [-0.4, -0.2) is 37.4 Å². The average Bonchev–Trinajstić information content (AvgIpc) is 3.38. The molecule has 6 nitrogen and oxygen atoms in total. The van der Waals surface area contributed by atoms with Crippen molar-refractivity contribution in [2.45, 2.75) is 65.2 Å². The van der Waals surface area contributed by atoms with Crippen LogP contribution in [0.25, 0.3) is 5.65 Å². The van der Waals surface area contributed by atoms with Crippen LogP contribution in [0.5, 0.6) is 0 Å². The topological polar surface area (TPSA) is 59.2 Å². The highest BCUT2D eigenvalue weighted by Gasteiger charge is 2.22. The molecule has 0 bridgehead atoms. The molecule has 2 aliphatic rings. The summed E-state index contributed by atoms with van der Waals surface area (Å²) in [7, 11) is 0. The fourth-order valence-electron chi connectivity index (χ4n) is 4.72. The summed E-state index contributed by atoms with van der Waals surface area (Å²) in [6.07, 6.45) is 16.8. The van der Waals surface area contributed by atoms with Gasteiger partial charge in [0.1, 0.15) is 11.6 Å². The van der Waals surface area contributed by atoms with Crippen molar-refractivity contribution in [2.75, 3.05) is 18.0 Å². The molecule has 0 radical (unpaired) electrons. The summed E-state index contributed by atoms with van der Waals surface area (Å²) in [6.45, 7) is 6.47. The molecule has 1 saturated heterocycles. The third-order valence-corrected chi connectivity index (χ3v) is 6.42. The Morgan fingerprint density at radius 3 is 2.70 bits per heavy atom. The van der Waals surface area contributed by atoms with Crippen molar-refractivity contribution in [1.29, 1.82) is 0 Å². The lowest BCUT2D eigenvalue weighted by molar-refractivity contribution is 0.763. The molecular weight excluding hydrogens is 372 g/mol. The smallest absolute Gasteiger partial charge is 0.160 e. The first-order chi connectivity index (χ1) is 14.7. The van der Waals surface area contributed by atoms with Crippen LogP contribution in [0.15, 0.2) is 30.2 Å². The lowest BCUT2D eigenvalue weighted by atomic mass is 9.98. The minimum atomic E-state index is 0.819. The minimum Gasteiger partial charge on any atom is -0.356 e. The Kier molecular flexibility index (Phi) is 5.23. The first-order valence-electron chi connectivity index (χ1n) is 11.3. The molecule has 4 heterocycles. The fourth-order valence-corrected chi connectivity index (χ4v) is 4.72. The molecule has 1 aliphatic heterocycles. The molecule has 30 heavy (non-hydrogen) atoms. The van der Waals surface area contributed by atoms with Crippen LogP contribution in [0.3, 0.4) is 0 Å². The molecule has 0 atom stereocenters. The first-order valence-corrected chi connectivity index (χ1v) is 11.3. The van der Waals surface area contributed by atoms with E-state index < -0.39 is 0 Å². The van der Waals surface area contributed by atoms with E-state index in [4.69, 9.17) is 15.0 Å². The second kappa shape index (κ2) is 8.17. The van der Waals surface area contributed by atoms with Gasteiger partial charge in [-0.2, -0.15) is 0 Å². The van der Waals surface area contributed by atoms with E-state index in [2.05, 4.69) is 33.5 Å². The molecule has 0 aromatic carbocycles. The maximum absolute atomic E-state index is 4.99. The first kappa shape index (κ1) is 19.2. The van der Waals surface area contributed by atoms with Crippen LogP contribution in [0.2, 0.25) is 0 Å². The van der Waals surface area contributed by atoms with Gasteiger partial charge in [-0.15, -0.1) is 0 Å². The Labute approximate surface area is 178 Å². The third-order valence-electron chi connectivity index (χ3n) is 6.42. The van der Waals surface area contributed by atoms with Gasteiger partial charge in [-0.05, 0) is 57.9 Å². The fraction of sp³-hybridized carbons (Fsp3) is 0.500. The van der Waals surface area contributed by atoms with Gasteiger partial charge in [0.25, 0.3) is 0 Å². The van der Waals surface area contributed by atoms with E-state index >= 15 is 0 Å². The summed E-state index contributed by atoms with van der Waals surface area (Å²) < 4.78 is 2.22. The zero-order chi connectivity index (χ0) is 20.5. The van der Waals surface area contributed by atoms with E-state index in [9.17, 15) is 0 Å². The number of fused-ring (bicyclic) bond motifs is 2. The van der Waals surface area contributed by atoms with E-state index in [0.717, 1.165) is 74.5 Å². The summed E-state index contributed by atoms with van der Waals surface area (Å²) in [6, 6.07) is 0. The lowest BCUT2D eigenvalue weighted by Gasteiger charge is -2.18. The molecule has 1 fully saturated rings. The van der Waals surface area contributed by atoms with Crippen molar-refractivity contribution in [3.63, 3.8) is 0 Å². The van der Waals surface area contributed by atoms with Gasteiger partial charge >= 0.3 is 0 Å². The van der Waals surface area contributed by atoms with E-state index in [1.165, 1.54) is 35.5 Å². The van der Waals surface area contributed by atoms with Gasteiger partial charge in [0.05, 0.1) is 11.4 Å². The standard InChI is InChI=1S/C24H30N6/c1-17-6-5-7-19-16-26-22(27-20(19)9-8-17)11-10-21-24(29-13-3-4-14-29)30-15-12-25-18(2)23(30)28-21/h6,12,15-16H,3-5,7-11,13-14H2,1-2H3. The zero-order valence-corrected chi connectivity index (χ0v) is 18.1. The highest BCUT2D eigenvalue weighted by molar-refractivity contribution is 5.59. The molecule has 0 spiro atoms. The highest BCUT2D eigenvalue weighted by Crippen LogP contribution is 2.28. The van der Waals surface area contributed by atoms with Crippen LogP contribution in [0.1, 0.15) is 61.1 Å². The van der Waals surface area contributed by atoms with E-state index in [1.54, 1.807) is 0 Å². The third kappa shape index (κ3) is 3.71. The number of imidazole rings is 1. The number of anilines is 1. The van der Waals surface area contributed by atoms with Gasteiger partial charge in [0, 0.05) is 50.2 Å². The Bertz CT molecular complexity index is 1090. The number of hydrogen-bond acceptors (Lipinski definition) is 5. The van der Waals surface area contributed by atoms with Crippen LogP contribution in [-0.2, 0) is 25.7 Å².